The highest BCUT2D eigenvalue weighted by Crippen LogP contribution is 2.27. The number of nitrogens with zero attached hydrogens (tertiary/aromatic N) is 4. The normalized spacial score (nSPS) is 12.8. The minimum absolute atomic E-state index is 0.0111. The molecule has 0 aliphatic heterocycles. The first kappa shape index (κ1) is 15.9. The zero-order chi connectivity index (χ0) is 17.2. The van der Waals surface area contributed by atoms with Crippen LogP contribution in [0.3, 0.4) is 0 Å². The molecular formula is C19H18N4OS. The predicted molar refractivity (Wildman–Crippen MR) is 99.2 cm³/mol. The number of thiazole rings is 1. The molecule has 0 N–H and O–H groups in total. The Balaban J connectivity index is 1.50. The van der Waals surface area contributed by atoms with Crippen molar-refractivity contribution in [2.45, 2.75) is 19.5 Å². The highest BCUT2D eigenvalue weighted by Gasteiger charge is 2.20. The van der Waals surface area contributed by atoms with Crippen LogP contribution in [0.15, 0.2) is 59.0 Å². The largest absolute Gasteiger partial charge is 0.419 e. The Morgan fingerprint density at radius 2 is 1.80 bits per heavy atom. The second-order valence-electron chi connectivity index (χ2n) is 5.98. The van der Waals surface area contributed by atoms with Gasteiger partial charge in [-0.2, -0.15) is 0 Å². The molecule has 0 aliphatic carbocycles. The summed E-state index contributed by atoms with van der Waals surface area (Å²) in [4.78, 5) is 6.86. The van der Waals surface area contributed by atoms with Gasteiger partial charge in [-0.15, -0.1) is 21.5 Å². The number of hydrogen-bond donors (Lipinski definition) is 0. The van der Waals surface area contributed by atoms with Crippen molar-refractivity contribution in [3.63, 3.8) is 0 Å². The van der Waals surface area contributed by atoms with E-state index in [1.807, 2.05) is 55.6 Å². The van der Waals surface area contributed by atoms with Gasteiger partial charge in [-0.05, 0) is 38.2 Å². The van der Waals surface area contributed by atoms with E-state index >= 15 is 0 Å². The molecule has 2 aromatic carbocycles. The zero-order valence-electron chi connectivity index (χ0n) is 14.1. The molecular weight excluding hydrogens is 332 g/mol. The Labute approximate surface area is 150 Å². The van der Waals surface area contributed by atoms with Gasteiger partial charge in [-0.25, -0.2) is 4.98 Å². The smallest absolute Gasteiger partial charge is 0.247 e. The van der Waals surface area contributed by atoms with Crippen LogP contribution >= 0.6 is 11.3 Å². The fourth-order valence-corrected chi connectivity index (χ4v) is 3.66. The van der Waals surface area contributed by atoms with E-state index in [1.165, 1.54) is 4.70 Å². The third kappa shape index (κ3) is 3.31. The van der Waals surface area contributed by atoms with Crippen LogP contribution < -0.4 is 0 Å². The van der Waals surface area contributed by atoms with Crippen molar-refractivity contribution in [2.24, 2.45) is 0 Å². The number of fused-ring (bicyclic) bond motifs is 1. The summed E-state index contributed by atoms with van der Waals surface area (Å²) in [5.41, 5.74) is 1.98. The van der Waals surface area contributed by atoms with E-state index in [-0.39, 0.29) is 6.04 Å². The van der Waals surface area contributed by atoms with Gasteiger partial charge < -0.3 is 4.42 Å². The maximum absolute atomic E-state index is 5.87. The first-order valence-electron chi connectivity index (χ1n) is 8.14. The molecule has 0 radical (unpaired) electrons. The second-order valence-corrected chi connectivity index (χ2v) is 7.09. The van der Waals surface area contributed by atoms with Crippen LogP contribution in [0, 0.1) is 0 Å². The lowest BCUT2D eigenvalue weighted by molar-refractivity contribution is 0.218. The highest BCUT2D eigenvalue weighted by molar-refractivity contribution is 7.18. The average Bonchev–Trinajstić information content (AvgIpc) is 3.28. The van der Waals surface area contributed by atoms with Crippen molar-refractivity contribution < 1.29 is 4.42 Å². The summed E-state index contributed by atoms with van der Waals surface area (Å²) < 4.78 is 7.08. The zero-order valence-corrected chi connectivity index (χ0v) is 14.9. The van der Waals surface area contributed by atoms with Crippen LogP contribution in [0.4, 0.5) is 0 Å². The van der Waals surface area contributed by atoms with Crippen molar-refractivity contribution in [1.82, 2.24) is 20.1 Å². The van der Waals surface area contributed by atoms with Crippen LogP contribution in [-0.4, -0.2) is 27.1 Å². The molecule has 4 aromatic rings. The maximum Gasteiger partial charge on any atom is 0.247 e. The highest BCUT2D eigenvalue weighted by atomic mass is 32.1. The molecule has 25 heavy (non-hydrogen) atoms. The molecule has 0 saturated heterocycles. The summed E-state index contributed by atoms with van der Waals surface area (Å²) in [5, 5.41) is 9.48. The summed E-state index contributed by atoms with van der Waals surface area (Å²) in [6, 6.07) is 18.0. The molecule has 126 valence electrons. The molecule has 0 aliphatic rings. The fraction of sp³-hybridized carbons (Fsp3) is 0.211. The molecule has 0 saturated carbocycles. The van der Waals surface area contributed by atoms with Gasteiger partial charge >= 0.3 is 0 Å². The predicted octanol–water partition coefficient (Wildman–Crippen LogP) is 4.54. The quantitative estimate of drug-likeness (QED) is 0.529. The van der Waals surface area contributed by atoms with Gasteiger partial charge in [0.15, 0.2) is 0 Å². The van der Waals surface area contributed by atoms with E-state index in [1.54, 1.807) is 11.3 Å². The molecule has 0 spiro atoms. The summed E-state index contributed by atoms with van der Waals surface area (Å²) in [6.45, 7) is 2.80. The van der Waals surface area contributed by atoms with Crippen molar-refractivity contribution in [3.8, 4) is 11.5 Å². The number of rotatable bonds is 5. The maximum atomic E-state index is 5.87. The summed E-state index contributed by atoms with van der Waals surface area (Å²) in [6.07, 6.45) is 0. The second kappa shape index (κ2) is 6.74. The van der Waals surface area contributed by atoms with E-state index in [0.717, 1.165) is 22.6 Å². The Bertz CT molecular complexity index is 946. The van der Waals surface area contributed by atoms with Crippen molar-refractivity contribution >= 4 is 21.6 Å². The Morgan fingerprint density at radius 3 is 2.60 bits per heavy atom. The van der Waals surface area contributed by atoms with Crippen LogP contribution in [0.2, 0.25) is 0 Å². The van der Waals surface area contributed by atoms with E-state index < -0.39 is 0 Å². The molecule has 0 amide bonds. The Morgan fingerprint density at radius 1 is 1.04 bits per heavy atom. The minimum atomic E-state index is 0.0111. The number of hydrogen-bond acceptors (Lipinski definition) is 6. The van der Waals surface area contributed by atoms with Gasteiger partial charge in [-0.1, -0.05) is 30.3 Å². The molecule has 2 aromatic heterocycles. The van der Waals surface area contributed by atoms with Gasteiger partial charge in [0, 0.05) is 5.56 Å². The lowest BCUT2D eigenvalue weighted by Crippen LogP contribution is -2.22. The van der Waals surface area contributed by atoms with Crippen molar-refractivity contribution in [3.05, 3.63) is 65.5 Å². The van der Waals surface area contributed by atoms with Gasteiger partial charge in [-0.3, -0.25) is 4.90 Å². The van der Waals surface area contributed by atoms with Crippen LogP contribution in [0.5, 0.6) is 0 Å². The monoisotopic (exact) mass is 350 g/mol. The molecule has 6 heteroatoms. The molecule has 2 heterocycles. The first-order chi connectivity index (χ1) is 12.2. The lowest BCUT2D eigenvalue weighted by atomic mass is 10.2. The van der Waals surface area contributed by atoms with Crippen LogP contribution in [-0.2, 0) is 6.54 Å². The van der Waals surface area contributed by atoms with Gasteiger partial charge in [0.2, 0.25) is 11.8 Å². The minimum Gasteiger partial charge on any atom is -0.419 e. The molecule has 0 bridgehead atoms. The standard InChI is InChI=1S/C19H18N4OS/c1-13(18-21-22-19(24-18)14-8-4-3-5-9-14)23(2)12-17-20-15-10-6-7-11-16(15)25-17/h3-11,13H,12H2,1-2H3. The van der Waals surface area contributed by atoms with Gasteiger partial charge in [0.05, 0.1) is 22.8 Å². The third-order valence-corrected chi connectivity index (χ3v) is 5.22. The van der Waals surface area contributed by atoms with Crippen LogP contribution in [0.1, 0.15) is 23.9 Å². The molecule has 1 unspecified atom stereocenters. The van der Waals surface area contributed by atoms with Gasteiger partial charge in [0.1, 0.15) is 5.01 Å². The van der Waals surface area contributed by atoms with Crippen molar-refractivity contribution in [1.29, 1.82) is 0 Å². The Kier molecular flexibility index (Phi) is 4.29. The number of para-hydroxylation sites is 1. The van der Waals surface area contributed by atoms with E-state index in [4.69, 9.17) is 9.40 Å². The van der Waals surface area contributed by atoms with E-state index in [2.05, 4.69) is 28.1 Å². The molecule has 1 atom stereocenters. The number of aromatic nitrogens is 3. The summed E-state index contributed by atoms with van der Waals surface area (Å²) in [7, 11) is 2.04. The SMILES string of the molecule is CC(c1nnc(-c2ccccc2)o1)N(C)Cc1nc2ccccc2s1. The fourth-order valence-electron chi connectivity index (χ4n) is 2.63. The summed E-state index contributed by atoms with van der Waals surface area (Å²) >= 11 is 1.72. The molecule has 4 rings (SSSR count). The number of benzene rings is 2. The van der Waals surface area contributed by atoms with E-state index in [0.29, 0.717) is 11.8 Å². The van der Waals surface area contributed by atoms with Crippen molar-refractivity contribution in [2.75, 3.05) is 7.05 Å². The molecule has 0 fully saturated rings. The summed E-state index contributed by atoms with van der Waals surface area (Å²) in [5.74, 6) is 1.17. The van der Waals surface area contributed by atoms with E-state index in [9.17, 15) is 0 Å². The Hall–Kier alpha value is -2.57. The third-order valence-electron chi connectivity index (χ3n) is 4.20. The molecule has 5 nitrogen and oxygen atoms in total. The van der Waals surface area contributed by atoms with Crippen LogP contribution in [0.25, 0.3) is 21.7 Å². The topological polar surface area (TPSA) is 55.1 Å². The lowest BCUT2D eigenvalue weighted by Gasteiger charge is -2.20. The van der Waals surface area contributed by atoms with Gasteiger partial charge in [0.25, 0.3) is 0 Å². The first-order valence-corrected chi connectivity index (χ1v) is 8.96. The average molecular weight is 350 g/mol.